The summed E-state index contributed by atoms with van der Waals surface area (Å²) < 4.78 is 5.09. The summed E-state index contributed by atoms with van der Waals surface area (Å²) in [5.41, 5.74) is -1.45. The van der Waals surface area contributed by atoms with Gasteiger partial charge in [0, 0.05) is 7.11 Å². The summed E-state index contributed by atoms with van der Waals surface area (Å²) in [6.45, 7) is 6.24. The van der Waals surface area contributed by atoms with Gasteiger partial charge in [-0.25, -0.2) is 0 Å². The van der Waals surface area contributed by atoms with Crippen molar-refractivity contribution in [3.05, 3.63) is 0 Å². The summed E-state index contributed by atoms with van der Waals surface area (Å²) in [4.78, 5) is 13.4. The monoisotopic (exact) mass is 201 g/mol. The van der Waals surface area contributed by atoms with Gasteiger partial charge in [0.25, 0.3) is 5.91 Å². The maximum atomic E-state index is 11.8. The molecular weight excluding hydrogens is 182 g/mol. The van der Waals surface area contributed by atoms with Crippen LogP contribution >= 0.6 is 0 Å². The van der Waals surface area contributed by atoms with Gasteiger partial charge < -0.3 is 14.7 Å². The Morgan fingerprint density at radius 3 is 2.43 bits per heavy atom. The molecule has 0 bridgehead atoms. The first kappa shape index (κ1) is 11.5. The first-order chi connectivity index (χ1) is 6.34. The number of amides is 1. The Hall–Kier alpha value is -0.610. The standard InChI is InChI=1S/C10H19NO3/c1-5-10(13)6-11(7-10)8(12)9(2,3)14-4/h13H,5-7H2,1-4H3. The first-order valence-electron chi connectivity index (χ1n) is 4.91. The summed E-state index contributed by atoms with van der Waals surface area (Å²) >= 11 is 0. The van der Waals surface area contributed by atoms with Crippen LogP contribution in [0.15, 0.2) is 0 Å². The van der Waals surface area contributed by atoms with Gasteiger partial charge in [-0.05, 0) is 20.3 Å². The zero-order valence-corrected chi connectivity index (χ0v) is 9.33. The molecule has 0 radical (unpaired) electrons. The van der Waals surface area contributed by atoms with Crippen molar-refractivity contribution >= 4 is 5.91 Å². The van der Waals surface area contributed by atoms with Crippen molar-refractivity contribution < 1.29 is 14.6 Å². The molecule has 1 aliphatic rings. The second kappa shape index (κ2) is 3.51. The maximum Gasteiger partial charge on any atom is 0.254 e. The highest BCUT2D eigenvalue weighted by molar-refractivity contribution is 5.85. The van der Waals surface area contributed by atoms with E-state index in [0.717, 1.165) is 0 Å². The molecule has 1 amide bonds. The van der Waals surface area contributed by atoms with Gasteiger partial charge in [-0.1, -0.05) is 6.92 Å². The van der Waals surface area contributed by atoms with Crippen LogP contribution in [0.2, 0.25) is 0 Å². The number of hydrogen-bond acceptors (Lipinski definition) is 3. The van der Waals surface area contributed by atoms with Crippen LogP contribution in [0, 0.1) is 0 Å². The van der Waals surface area contributed by atoms with Crippen molar-refractivity contribution in [2.75, 3.05) is 20.2 Å². The molecule has 1 aliphatic heterocycles. The molecule has 1 rings (SSSR count). The number of methoxy groups -OCH3 is 1. The molecule has 4 heteroatoms. The number of carbonyl (C=O) groups is 1. The lowest BCUT2D eigenvalue weighted by Crippen LogP contribution is -2.66. The molecule has 0 atom stereocenters. The van der Waals surface area contributed by atoms with Gasteiger partial charge in [0.05, 0.1) is 18.7 Å². The molecular formula is C10H19NO3. The molecule has 1 N–H and O–H groups in total. The predicted octanol–water partition coefficient (Wildman–Crippen LogP) is 0.395. The number of ether oxygens (including phenoxy) is 1. The van der Waals surface area contributed by atoms with E-state index in [0.29, 0.717) is 19.5 Å². The molecule has 0 aromatic rings. The Kier molecular flexibility index (Phi) is 2.88. The van der Waals surface area contributed by atoms with E-state index in [9.17, 15) is 9.90 Å². The van der Waals surface area contributed by atoms with E-state index < -0.39 is 11.2 Å². The normalized spacial score (nSPS) is 20.5. The van der Waals surface area contributed by atoms with Crippen molar-refractivity contribution in [1.82, 2.24) is 4.90 Å². The molecule has 0 aromatic carbocycles. The van der Waals surface area contributed by atoms with Gasteiger partial charge >= 0.3 is 0 Å². The third-order valence-corrected chi connectivity index (χ3v) is 2.94. The zero-order valence-electron chi connectivity index (χ0n) is 9.33. The predicted molar refractivity (Wildman–Crippen MR) is 52.9 cm³/mol. The lowest BCUT2D eigenvalue weighted by Gasteiger charge is -2.48. The molecule has 1 heterocycles. The molecule has 0 spiro atoms. The highest BCUT2D eigenvalue weighted by Gasteiger charge is 2.45. The van der Waals surface area contributed by atoms with E-state index in [1.807, 2.05) is 6.92 Å². The molecule has 82 valence electrons. The van der Waals surface area contributed by atoms with Gasteiger partial charge in [-0.15, -0.1) is 0 Å². The van der Waals surface area contributed by atoms with Crippen LogP contribution in [0.1, 0.15) is 27.2 Å². The van der Waals surface area contributed by atoms with Crippen LogP contribution in [0.25, 0.3) is 0 Å². The van der Waals surface area contributed by atoms with E-state index in [1.165, 1.54) is 7.11 Å². The summed E-state index contributed by atoms with van der Waals surface area (Å²) in [5, 5.41) is 9.74. The van der Waals surface area contributed by atoms with Gasteiger partial charge in [-0.2, -0.15) is 0 Å². The number of nitrogens with zero attached hydrogens (tertiary/aromatic N) is 1. The number of rotatable bonds is 3. The fraction of sp³-hybridized carbons (Fsp3) is 0.900. The van der Waals surface area contributed by atoms with Crippen LogP contribution in [0.5, 0.6) is 0 Å². The van der Waals surface area contributed by atoms with Crippen molar-refractivity contribution in [1.29, 1.82) is 0 Å². The molecule has 0 aliphatic carbocycles. The van der Waals surface area contributed by atoms with Gasteiger partial charge in [0.1, 0.15) is 5.60 Å². The van der Waals surface area contributed by atoms with Crippen LogP contribution in [0.3, 0.4) is 0 Å². The van der Waals surface area contributed by atoms with E-state index in [-0.39, 0.29) is 5.91 Å². The number of aliphatic hydroxyl groups is 1. The third-order valence-electron chi connectivity index (χ3n) is 2.94. The minimum absolute atomic E-state index is 0.0573. The fourth-order valence-corrected chi connectivity index (χ4v) is 1.50. The number of carbonyl (C=O) groups excluding carboxylic acids is 1. The highest BCUT2D eigenvalue weighted by atomic mass is 16.5. The molecule has 0 saturated carbocycles. The lowest BCUT2D eigenvalue weighted by atomic mass is 9.89. The van der Waals surface area contributed by atoms with Crippen molar-refractivity contribution in [3.63, 3.8) is 0 Å². The quantitative estimate of drug-likeness (QED) is 0.719. The Labute approximate surface area is 84.8 Å². The van der Waals surface area contributed by atoms with Crippen molar-refractivity contribution in [2.24, 2.45) is 0 Å². The molecule has 1 saturated heterocycles. The molecule has 0 unspecified atom stereocenters. The Balaban J connectivity index is 2.52. The SMILES string of the molecule is CCC1(O)CN(C(=O)C(C)(C)OC)C1. The van der Waals surface area contributed by atoms with Crippen molar-refractivity contribution in [2.45, 2.75) is 38.4 Å². The smallest absolute Gasteiger partial charge is 0.254 e. The van der Waals surface area contributed by atoms with Crippen LogP contribution in [-0.2, 0) is 9.53 Å². The third kappa shape index (κ3) is 1.91. The maximum absolute atomic E-state index is 11.8. The molecule has 14 heavy (non-hydrogen) atoms. The van der Waals surface area contributed by atoms with Crippen molar-refractivity contribution in [3.8, 4) is 0 Å². The number of β-amino-alcohol motifs (C(OH)–C–C–N with tert-alkyl or cyclic N) is 1. The molecule has 1 fully saturated rings. The highest BCUT2D eigenvalue weighted by Crippen LogP contribution is 2.27. The lowest BCUT2D eigenvalue weighted by molar-refractivity contribution is -0.173. The topological polar surface area (TPSA) is 49.8 Å². The van der Waals surface area contributed by atoms with E-state index >= 15 is 0 Å². The van der Waals surface area contributed by atoms with Gasteiger partial charge in [0.2, 0.25) is 0 Å². The number of likely N-dealkylation sites (tertiary alicyclic amines) is 1. The zero-order chi connectivity index (χ0) is 11.0. The van der Waals surface area contributed by atoms with Crippen LogP contribution < -0.4 is 0 Å². The van der Waals surface area contributed by atoms with Crippen LogP contribution in [0.4, 0.5) is 0 Å². The van der Waals surface area contributed by atoms with Gasteiger partial charge in [-0.3, -0.25) is 4.79 Å². The second-order valence-electron chi connectivity index (χ2n) is 4.45. The Morgan fingerprint density at radius 2 is 2.07 bits per heavy atom. The van der Waals surface area contributed by atoms with E-state index in [2.05, 4.69) is 0 Å². The summed E-state index contributed by atoms with van der Waals surface area (Å²) in [7, 11) is 1.52. The summed E-state index contributed by atoms with van der Waals surface area (Å²) in [5.74, 6) is -0.0573. The fourth-order valence-electron chi connectivity index (χ4n) is 1.50. The van der Waals surface area contributed by atoms with Gasteiger partial charge in [0.15, 0.2) is 0 Å². The second-order valence-corrected chi connectivity index (χ2v) is 4.45. The number of hydrogen-bond donors (Lipinski definition) is 1. The average Bonchev–Trinajstić information content (AvgIpc) is 2.11. The van der Waals surface area contributed by atoms with E-state index in [4.69, 9.17) is 4.74 Å². The first-order valence-corrected chi connectivity index (χ1v) is 4.91. The largest absolute Gasteiger partial charge is 0.386 e. The van der Waals surface area contributed by atoms with E-state index in [1.54, 1.807) is 18.7 Å². The summed E-state index contributed by atoms with van der Waals surface area (Å²) in [6, 6.07) is 0. The minimum Gasteiger partial charge on any atom is -0.386 e. The van der Waals surface area contributed by atoms with Crippen LogP contribution in [-0.4, -0.2) is 47.3 Å². The Morgan fingerprint density at radius 1 is 1.57 bits per heavy atom. The average molecular weight is 201 g/mol. The minimum atomic E-state index is -0.783. The molecule has 0 aromatic heterocycles. The Bertz CT molecular complexity index is 232. The molecule has 4 nitrogen and oxygen atoms in total. The summed E-state index contributed by atoms with van der Waals surface area (Å²) in [6.07, 6.45) is 0.685.